The third-order valence-electron chi connectivity index (χ3n) is 4.18. The molecule has 1 aliphatic rings. The van der Waals surface area contributed by atoms with E-state index in [4.69, 9.17) is 4.52 Å². The maximum atomic E-state index is 13.1. The van der Waals surface area contributed by atoms with Gasteiger partial charge in [0, 0.05) is 12.5 Å². The van der Waals surface area contributed by atoms with Crippen LogP contribution in [0.4, 0.5) is 4.39 Å². The summed E-state index contributed by atoms with van der Waals surface area (Å²) < 4.78 is 18.4. The van der Waals surface area contributed by atoms with Crippen molar-refractivity contribution < 1.29 is 8.91 Å². The van der Waals surface area contributed by atoms with Crippen molar-refractivity contribution in [3.8, 4) is 0 Å². The quantitative estimate of drug-likeness (QED) is 0.940. The van der Waals surface area contributed by atoms with Crippen LogP contribution in [0.1, 0.15) is 44.0 Å². The molecule has 2 heterocycles. The second kappa shape index (κ2) is 5.56. The predicted octanol–water partition coefficient (Wildman–Crippen LogP) is 2.83. The Labute approximate surface area is 123 Å². The van der Waals surface area contributed by atoms with E-state index in [-0.39, 0.29) is 5.82 Å². The highest BCUT2D eigenvalue weighted by Crippen LogP contribution is 2.29. The van der Waals surface area contributed by atoms with E-state index in [9.17, 15) is 4.39 Å². The standard InChI is InChI=1S/C16H20FN3O/c1-16(2,11-5-7-12(17)8-6-11)15-19-14(21-20-15)10-13-4-3-9-18-13/h5-8,13,18H,3-4,9-10H2,1-2H3. The van der Waals surface area contributed by atoms with E-state index in [1.165, 1.54) is 18.6 Å². The van der Waals surface area contributed by atoms with E-state index in [0.29, 0.717) is 17.8 Å². The zero-order valence-corrected chi connectivity index (χ0v) is 12.4. The summed E-state index contributed by atoms with van der Waals surface area (Å²) in [6, 6.07) is 6.89. The van der Waals surface area contributed by atoms with E-state index in [2.05, 4.69) is 15.5 Å². The summed E-state index contributed by atoms with van der Waals surface area (Å²) >= 11 is 0. The maximum Gasteiger partial charge on any atom is 0.228 e. The van der Waals surface area contributed by atoms with Crippen LogP contribution >= 0.6 is 0 Å². The molecule has 5 heteroatoms. The molecule has 3 rings (SSSR count). The Hall–Kier alpha value is -1.75. The third-order valence-corrected chi connectivity index (χ3v) is 4.18. The number of hydrogen-bond acceptors (Lipinski definition) is 4. The largest absolute Gasteiger partial charge is 0.339 e. The molecular weight excluding hydrogens is 269 g/mol. The van der Waals surface area contributed by atoms with Gasteiger partial charge in [0.25, 0.3) is 0 Å². The van der Waals surface area contributed by atoms with Crippen molar-refractivity contribution in [2.24, 2.45) is 0 Å². The molecule has 4 nitrogen and oxygen atoms in total. The highest BCUT2D eigenvalue weighted by molar-refractivity contribution is 5.30. The first kappa shape index (κ1) is 14.2. The van der Waals surface area contributed by atoms with Crippen LogP contribution in [0.5, 0.6) is 0 Å². The van der Waals surface area contributed by atoms with Crippen LogP contribution in [-0.2, 0) is 11.8 Å². The van der Waals surface area contributed by atoms with Gasteiger partial charge in [0.2, 0.25) is 5.89 Å². The van der Waals surface area contributed by atoms with Crippen molar-refractivity contribution in [1.82, 2.24) is 15.5 Å². The van der Waals surface area contributed by atoms with Gasteiger partial charge in [-0.15, -0.1) is 0 Å². The zero-order chi connectivity index (χ0) is 14.9. The van der Waals surface area contributed by atoms with Crippen molar-refractivity contribution in [2.45, 2.75) is 44.6 Å². The van der Waals surface area contributed by atoms with Crippen LogP contribution in [0.15, 0.2) is 28.8 Å². The highest BCUT2D eigenvalue weighted by atomic mass is 19.1. The first-order valence-corrected chi connectivity index (χ1v) is 7.38. The molecule has 1 unspecified atom stereocenters. The van der Waals surface area contributed by atoms with Crippen LogP contribution in [0, 0.1) is 5.82 Å². The van der Waals surface area contributed by atoms with Gasteiger partial charge in [0.05, 0.1) is 5.41 Å². The minimum absolute atomic E-state index is 0.240. The summed E-state index contributed by atoms with van der Waals surface area (Å²) in [6.07, 6.45) is 3.12. The van der Waals surface area contributed by atoms with Crippen LogP contribution in [-0.4, -0.2) is 22.7 Å². The molecule has 1 atom stereocenters. The topological polar surface area (TPSA) is 51.0 Å². The lowest BCUT2D eigenvalue weighted by atomic mass is 9.84. The van der Waals surface area contributed by atoms with Crippen LogP contribution < -0.4 is 5.32 Å². The van der Waals surface area contributed by atoms with E-state index in [1.54, 1.807) is 12.1 Å². The Balaban J connectivity index is 1.78. The highest BCUT2D eigenvalue weighted by Gasteiger charge is 2.29. The van der Waals surface area contributed by atoms with Crippen LogP contribution in [0.25, 0.3) is 0 Å². The Morgan fingerprint density at radius 3 is 2.76 bits per heavy atom. The van der Waals surface area contributed by atoms with E-state index in [0.717, 1.165) is 24.9 Å². The third kappa shape index (κ3) is 2.97. The number of aromatic nitrogens is 2. The molecule has 1 fully saturated rings. The number of nitrogens with zero attached hydrogens (tertiary/aromatic N) is 2. The maximum absolute atomic E-state index is 13.1. The Bertz CT molecular complexity index is 600. The van der Waals surface area contributed by atoms with Gasteiger partial charge in [0.15, 0.2) is 5.82 Å². The van der Waals surface area contributed by atoms with Gasteiger partial charge in [-0.05, 0) is 50.9 Å². The number of halogens is 1. The first-order chi connectivity index (χ1) is 10.1. The molecule has 1 aromatic heterocycles. The van der Waals surface area contributed by atoms with Crippen LogP contribution in [0.2, 0.25) is 0 Å². The van der Waals surface area contributed by atoms with Gasteiger partial charge in [0.1, 0.15) is 5.82 Å². The fourth-order valence-corrected chi connectivity index (χ4v) is 2.73. The van der Waals surface area contributed by atoms with Gasteiger partial charge in [-0.1, -0.05) is 17.3 Å². The monoisotopic (exact) mass is 289 g/mol. The Morgan fingerprint density at radius 2 is 2.10 bits per heavy atom. The Morgan fingerprint density at radius 1 is 1.33 bits per heavy atom. The molecule has 1 aromatic carbocycles. The molecule has 1 aliphatic heterocycles. The van der Waals surface area contributed by atoms with Crippen molar-refractivity contribution in [3.63, 3.8) is 0 Å². The normalized spacial score (nSPS) is 19.1. The van der Waals surface area contributed by atoms with Gasteiger partial charge >= 0.3 is 0 Å². The number of hydrogen-bond donors (Lipinski definition) is 1. The Kier molecular flexibility index (Phi) is 3.76. The fourth-order valence-electron chi connectivity index (χ4n) is 2.73. The molecule has 21 heavy (non-hydrogen) atoms. The molecule has 0 aliphatic carbocycles. The molecular formula is C16H20FN3O. The van der Waals surface area contributed by atoms with Gasteiger partial charge < -0.3 is 9.84 Å². The average Bonchev–Trinajstić information content (AvgIpc) is 3.11. The summed E-state index contributed by atoms with van der Waals surface area (Å²) in [5.41, 5.74) is 0.564. The summed E-state index contributed by atoms with van der Waals surface area (Å²) in [6.45, 7) is 5.10. The molecule has 0 amide bonds. The van der Waals surface area contributed by atoms with E-state index < -0.39 is 5.41 Å². The summed E-state index contributed by atoms with van der Waals surface area (Å²) in [5.74, 6) is 1.07. The number of nitrogens with one attached hydrogen (secondary N) is 1. The molecule has 0 saturated carbocycles. The lowest BCUT2D eigenvalue weighted by molar-refractivity contribution is 0.354. The number of benzene rings is 1. The summed E-state index contributed by atoms with van der Waals surface area (Å²) in [5, 5.41) is 7.54. The van der Waals surface area contributed by atoms with Gasteiger partial charge in [-0.25, -0.2) is 4.39 Å². The molecule has 0 bridgehead atoms. The fraction of sp³-hybridized carbons (Fsp3) is 0.500. The second-order valence-corrected chi connectivity index (χ2v) is 6.14. The lowest BCUT2D eigenvalue weighted by Crippen LogP contribution is -2.24. The van der Waals surface area contributed by atoms with Crippen molar-refractivity contribution in [3.05, 3.63) is 47.4 Å². The predicted molar refractivity (Wildman–Crippen MR) is 77.6 cm³/mol. The van der Waals surface area contributed by atoms with Crippen molar-refractivity contribution in [1.29, 1.82) is 0 Å². The minimum atomic E-state index is -0.404. The molecule has 112 valence electrons. The molecule has 0 radical (unpaired) electrons. The SMILES string of the molecule is CC(C)(c1ccc(F)cc1)c1noc(CC2CCCN2)n1. The number of rotatable bonds is 4. The smallest absolute Gasteiger partial charge is 0.228 e. The summed E-state index contributed by atoms with van der Waals surface area (Å²) in [7, 11) is 0. The van der Waals surface area contributed by atoms with E-state index in [1.807, 2.05) is 13.8 Å². The van der Waals surface area contributed by atoms with Gasteiger partial charge in [-0.2, -0.15) is 4.98 Å². The lowest BCUT2D eigenvalue weighted by Gasteiger charge is -2.20. The van der Waals surface area contributed by atoms with Crippen molar-refractivity contribution in [2.75, 3.05) is 6.54 Å². The minimum Gasteiger partial charge on any atom is -0.339 e. The molecule has 1 N–H and O–H groups in total. The first-order valence-electron chi connectivity index (χ1n) is 7.38. The van der Waals surface area contributed by atoms with Crippen molar-refractivity contribution >= 4 is 0 Å². The summed E-state index contributed by atoms with van der Waals surface area (Å²) in [4.78, 5) is 4.53. The second-order valence-electron chi connectivity index (χ2n) is 6.14. The van der Waals surface area contributed by atoms with Crippen LogP contribution in [0.3, 0.4) is 0 Å². The van der Waals surface area contributed by atoms with Gasteiger partial charge in [-0.3, -0.25) is 0 Å². The molecule has 1 saturated heterocycles. The zero-order valence-electron chi connectivity index (χ0n) is 12.4. The molecule has 2 aromatic rings. The average molecular weight is 289 g/mol. The molecule has 0 spiro atoms. The van der Waals surface area contributed by atoms with E-state index >= 15 is 0 Å².